The molecule has 2 N–H and O–H groups in total. The molecule has 6 heteroatoms. The van der Waals surface area contributed by atoms with Gasteiger partial charge in [-0.15, -0.1) is 0 Å². The third-order valence-electron chi connectivity index (χ3n) is 3.86. The average molecular weight is 283 g/mol. The SMILES string of the molecule is CC1CN(S(=O)(=O)c2ccccc2N)CC(C)N1C. The largest absolute Gasteiger partial charge is 0.398 e. The third-order valence-corrected chi connectivity index (χ3v) is 5.77. The van der Waals surface area contributed by atoms with Crippen molar-refractivity contribution in [3.05, 3.63) is 24.3 Å². The van der Waals surface area contributed by atoms with Crippen molar-refractivity contribution in [3.63, 3.8) is 0 Å². The van der Waals surface area contributed by atoms with Crippen LogP contribution in [0.15, 0.2) is 29.2 Å². The van der Waals surface area contributed by atoms with Gasteiger partial charge in [0.1, 0.15) is 4.90 Å². The van der Waals surface area contributed by atoms with Gasteiger partial charge in [0.2, 0.25) is 10.0 Å². The Balaban J connectivity index is 2.34. The normalized spacial score (nSPS) is 26.5. The van der Waals surface area contributed by atoms with Crippen LogP contribution in [-0.2, 0) is 10.0 Å². The van der Waals surface area contributed by atoms with Gasteiger partial charge in [-0.25, -0.2) is 8.42 Å². The van der Waals surface area contributed by atoms with Crippen molar-refractivity contribution < 1.29 is 8.42 Å². The van der Waals surface area contributed by atoms with E-state index in [1.807, 2.05) is 20.9 Å². The molecular weight excluding hydrogens is 262 g/mol. The van der Waals surface area contributed by atoms with Gasteiger partial charge in [-0.3, -0.25) is 4.90 Å². The number of piperazine rings is 1. The lowest BCUT2D eigenvalue weighted by atomic mass is 10.1. The van der Waals surface area contributed by atoms with E-state index in [0.29, 0.717) is 18.8 Å². The van der Waals surface area contributed by atoms with Crippen LogP contribution < -0.4 is 5.73 Å². The molecule has 0 bridgehead atoms. The minimum absolute atomic E-state index is 0.198. The van der Waals surface area contributed by atoms with Gasteiger partial charge in [0, 0.05) is 25.2 Å². The quantitative estimate of drug-likeness (QED) is 0.822. The maximum atomic E-state index is 12.6. The van der Waals surface area contributed by atoms with E-state index in [1.165, 1.54) is 4.31 Å². The summed E-state index contributed by atoms with van der Waals surface area (Å²) in [5, 5.41) is 0. The van der Waals surface area contributed by atoms with E-state index >= 15 is 0 Å². The number of benzene rings is 1. The van der Waals surface area contributed by atoms with Gasteiger partial charge in [0.05, 0.1) is 5.69 Å². The molecule has 2 rings (SSSR count). The number of hydrogen-bond acceptors (Lipinski definition) is 4. The zero-order valence-corrected chi connectivity index (χ0v) is 12.4. The minimum atomic E-state index is -3.50. The summed E-state index contributed by atoms with van der Waals surface area (Å²) in [5.41, 5.74) is 6.10. The number of hydrogen-bond donors (Lipinski definition) is 1. The van der Waals surface area contributed by atoms with Gasteiger partial charge >= 0.3 is 0 Å². The van der Waals surface area contributed by atoms with Crippen LogP contribution in [0.25, 0.3) is 0 Å². The van der Waals surface area contributed by atoms with Crippen molar-refractivity contribution in [1.29, 1.82) is 0 Å². The Hall–Kier alpha value is -1.11. The van der Waals surface area contributed by atoms with Crippen LogP contribution in [0.5, 0.6) is 0 Å². The Labute approximate surface area is 115 Å². The summed E-state index contributed by atoms with van der Waals surface area (Å²) in [4.78, 5) is 2.40. The highest BCUT2D eigenvalue weighted by molar-refractivity contribution is 7.89. The molecule has 1 fully saturated rings. The van der Waals surface area contributed by atoms with Crippen LogP contribution >= 0.6 is 0 Å². The summed E-state index contributed by atoms with van der Waals surface area (Å²) in [5.74, 6) is 0. The Morgan fingerprint density at radius 3 is 2.21 bits per heavy atom. The van der Waals surface area contributed by atoms with Gasteiger partial charge in [-0.1, -0.05) is 12.1 Å². The second kappa shape index (κ2) is 5.11. The molecule has 0 radical (unpaired) electrons. The molecule has 0 spiro atoms. The molecule has 0 aliphatic carbocycles. The van der Waals surface area contributed by atoms with Crippen LogP contribution in [0.2, 0.25) is 0 Å². The Kier molecular flexibility index (Phi) is 3.85. The van der Waals surface area contributed by atoms with Crippen LogP contribution in [0, 0.1) is 0 Å². The van der Waals surface area contributed by atoms with Crippen LogP contribution in [0.4, 0.5) is 5.69 Å². The molecule has 1 heterocycles. The topological polar surface area (TPSA) is 66.6 Å². The van der Waals surface area contributed by atoms with Crippen molar-refractivity contribution in [1.82, 2.24) is 9.21 Å². The summed E-state index contributed by atoms with van der Waals surface area (Å²) in [6.45, 7) is 5.06. The third kappa shape index (κ3) is 2.61. The number of sulfonamides is 1. The second-order valence-corrected chi connectivity index (χ2v) is 7.13. The van der Waals surface area contributed by atoms with Gasteiger partial charge in [0.15, 0.2) is 0 Å². The van der Waals surface area contributed by atoms with Crippen molar-refractivity contribution in [2.24, 2.45) is 0 Å². The standard InChI is InChI=1S/C13H21N3O2S/c1-10-8-16(9-11(2)15(10)3)19(17,18)13-7-5-4-6-12(13)14/h4-7,10-11H,8-9,14H2,1-3H3. The predicted molar refractivity (Wildman–Crippen MR) is 76.3 cm³/mol. The van der Waals surface area contributed by atoms with Crippen molar-refractivity contribution in [2.45, 2.75) is 30.8 Å². The Morgan fingerprint density at radius 2 is 1.68 bits per heavy atom. The molecule has 1 aromatic carbocycles. The number of rotatable bonds is 2. The fourth-order valence-electron chi connectivity index (χ4n) is 2.41. The second-order valence-electron chi connectivity index (χ2n) is 5.22. The first-order valence-electron chi connectivity index (χ1n) is 6.40. The van der Waals surface area contributed by atoms with E-state index in [-0.39, 0.29) is 17.0 Å². The summed E-state index contributed by atoms with van der Waals surface area (Å²) in [6.07, 6.45) is 0. The van der Waals surface area contributed by atoms with Gasteiger partial charge in [0.25, 0.3) is 0 Å². The number of nitrogens with zero attached hydrogens (tertiary/aromatic N) is 2. The number of anilines is 1. The molecule has 5 nitrogen and oxygen atoms in total. The maximum Gasteiger partial charge on any atom is 0.245 e. The lowest BCUT2D eigenvalue weighted by molar-refractivity contribution is 0.105. The molecule has 2 atom stereocenters. The van der Waals surface area contributed by atoms with Crippen LogP contribution in [-0.4, -0.2) is 49.8 Å². The molecule has 19 heavy (non-hydrogen) atoms. The average Bonchev–Trinajstić information content (AvgIpc) is 2.35. The number of likely N-dealkylation sites (N-methyl/N-ethyl adjacent to an activating group) is 1. The smallest absolute Gasteiger partial charge is 0.245 e. The molecule has 106 valence electrons. The van der Waals surface area contributed by atoms with Gasteiger partial charge in [-0.2, -0.15) is 4.31 Å². The van der Waals surface area contributed by atoms with E-state index in [2.05, 4.69) is 4.90 Å². The van der Waals surface area contributed by atoms with E-state index in [1.54, 1.807) is 24.3 Å². The number of nitrogens with two attached hydrogens (primary N) is 1. The zero-order chi connectivity index (χ0) is 14.2. The lowest BCUT2D eigenvalue weighted by Gasteiger charge is -2.41. The lowest BCUT2D eigenvalue weighted by Crippen LogP contribution is -2.56. The molecular formula is C13H21N3O2S. The van der Waals surface area contributed by atoms with E-state index in [9.17, 15) is 8.42 Å². The predicted octanol–water partition coefficient (Wildman–Crippen LogP) is 0.982. The van der Waals surface area contributed by atoms with Crippen LogP contribution in [0.1, 0.15) is 13.8 Å². The Bertz CT molecular complexity index is 547. The van der Waals surface area contributed by atoms with E-state index in [4.69, 9.17) is 5.73 Å². The van der Waals surface area contributed by atoms with Gasteiger partial charge < -0.3 is 5.73 Å². The summed E-state index contributed by atoms with van der Waals surface area (Å²) in [6, 6.07) is 7.02. The summed E-state index contributed by atoms with van der Waals surface area (Å²) >= 11 is 0. The first-order valence-corrected chi connectivity index (χ1v) is 7.84. The Morgan fingerprint density at radius 1 is 1.16 bits per heavy atom. The summed E-state index contributed by atoms with van der Waals surface area (Å²) < 4.78 is 26.8. The maximum absolute atomic E-state index is 12.6. The fourth-order valence-corrected chi connectivity index (χ4v) is 4.13. The molecule has 1 aliphatic rings. The monoisotopic (exact) mass is 283 g/mol. The van der Waals surface area contributed by atoms with Crippen molar-refractivity contribution >= 4 is 15.7 Å². The van der Waals surface area contributed by atoms with E-state index in [0.717, 1.165) is 0 Å². The molecule has 1 aliphatic heterocycles. The summed E-state index contributed by atoms with van der Waals surface area (Å²) in [7, 11) is -1.48. The molecule has 1 saturated heterocycles. The first kappa shape index (κ1) is 14.3. The van der Waals surface area contributed by atoms with Crippen LogP contribution in [0.3, 0.4) is 0 Å². The molecule has 0 aromatic heterocycles. The molecule has 1 aromatic rings. The highest BCUT2D eigenvalue weighted by Gasteiger charge is 2.35. The minimum Gasteiger partial charge on any atom is -0.398 e. The zero-order valence-electron chi connectivity index (χ0n) is 11.6. The molecule has 2 unspecified atom stereocenters. The van der Waals surface area contributed by atoms with E-state index < -0.39 is 10.0 Å². The van der Waals surface area contributed by atoms with Crippen molar-refractivity contribution in [3.8, 4) is 0 Å². The fraction of sp³-hybridized carbons (Fsp3) is 0.538. The number of para-hydroxylation sites is 1. The number of nitrogen functional groups attached to an aromatic ring is 1. The molecule has 0 amide bonds. The highest BCUT2D eigenvalue weighted by Crippen LogP contribution is 2.25. The molecule has 0 saturated carbocycles. The van der Waals surface area contributed by atoms with Gasteiger partial charge in [-0.05, 0) is 33.0 Å². The first-order chi connectivity index (χ1) is 8.84. The highest BCUT2D eigenvalue weighted by atomic mass is 32.2. The van der Waals surface area contributed by atoms with Crippen molar-refractivity contribution in [2.75, 3.05) is 25.9 Å².